The van der Waals surface area contributed by atoms with Crippen molar-refractivity contribution in [1.82, 2.24) is 5.32 Å². The lowest BCUT2D eigenvalue weighted by atomic mass is 10.2. The van der Waals surface area contributed by atoms with Gasteiger partial charge in [-0.15, -0.1) is 0 Å². The summed E-state index contributed by atoms with van der Waals surface area (Å²) in [6.07, 6.45) is 3.89. The van der Waals surface area contributed by atoms with Gasteiger partial charge in [0.15, 0.2) is 12.4 Å². The summed E-state index contributed by atoms with van der Waals surface area (Å²) in [4.78, 5) is 11.9. The van der Waals surface area contributed by atoms with Gasteiger partial charge >= 0.3 is 0 Å². The summed E-state index contributed by atoms with van der Waals surface area (Å²) in [5, 5.41) is 3.42. The highest BCUT2D eigenvalue weighted by Crippen LogP contribution is 2.10. The van der Waals surface area contributed by atoms with Gasteiger partial charge in [0.25, 0.3) is 5.91 Å². The molecule has 2 rings (SSSR count). The lowest BCUT2D eigenvalue weighted by Gasteiger charge is -2.05. The van der Waals surface area contributed by atoms with E-state index in [1.807, 2.05) is 36.1 Å². The molecule has 0 aliphatic rings. The first-order chi connectivity index (χ1) is 8.65. The Morgan fingerprint density at radius 1 is 1.26 bits per heavy atom. The number of rotatable bonds is 3. The molecule has 0 spiro atoms. The van der Waals surface area contributed by atoms with Crippen molar-refractivity contribution >= 4 is 17.5 Å². The number of aromatic nitrogens is 1. The third-order valence-electron chi connectivity index (χ3n) is 2.59. The average Bonchev–Trinajstić information content (AvgIpc) is 2.38. The van der Waals surface area contributed by atoms with Crippen LogP contribution in [0.4, 0.5) is 0 Å². The molecule has 0 aliphatic heterocycles. The molecule has 0 bridgehead atoms. The van der Waals surface area contributed by atoms with Gasteiger partial charge in [-0.3, -0.25) is 4.79 Å². The van der Waals surface area contributed by atoms with Crippen molar-refractivity contribution in [3.63, 3.8) is 0 Å². The second-order valence-electron chi connectivity index (χ2n) is 4.06. The highest BCUT2D eigenvalue weighted by molar-refractivity contribution is 6.30. The number of hydrogen-bond acceptors (Lipinski definition) is 1. The number of halogens is 2. The van der Waals surface area contributed by atoms with E-state index in [9.17, 15) is 4.79 Å². The van der Waals surface area contributed by atoms with Crippen molar-refractivity contribution in [3.8, 4) is 0 Å². The minimum absolute atomic E-state index is 0. The number of amides is 1. The normalized spacial score (nSPS) is 9.58. The van der Waals surface area contributed by atoms with Crippen LogP contribution in [0.25, 0.3) is 0 Å². The zero-order valence-corrected chi connectivity index (χ0v) is 13.4. The number of carbonyl (C=O) groups is 1. The average molecular weight is 389 g/mol. The molecule has 19 heavy (non-hydrogen) atoms. The van der Waals surface area contributed by atoms with Crippen LogP contribution in [-0.4, -0.2) is 5.91 Å². The predicted molar refractivity (Wildman–Crippen MR) is 70.2 cm³/mol. The number of hydrogen-bond donors (Lipinski definition) is 1. The fourth-order valence-electron chi connectivity index (χ4n) is 1.56. The summed E-state index contributed by atoms with van der Waals surface area (Å²) in [5.74, 6) is -0.120. The maximum absolute atomic E-state index is 11.9. The molecule has 100 valence electrons. The summed E-state index contributed by atoms with van der Waals surface area (Å²) in [7, 11) is 1.95. The number of aryl methyl sites for hydroxylation is 1. The van der Waals surface area contributed by atoms with Crippen LogP contribution in [-0.2, 0) is 13.6 Å². The van der Waals surface area contributed by atoms with Crippen LogP contribution in [0.2, 0.25) is 5.02 Å². The number of benzene rings is 1. The smallest absolute Gasteiger partial charge is 0.251 e. The maximum Gasteiger partial charge on any atom is 0.251 e. The van der Waals surface area contributed by atoms with Gasteiger partial charge in [-0.25, -0.2) is 4.57 Å². The molecule has 1 N–H and O–H groups in total. The number of nitrogens with zero attached hydrogens (tertiary/aromatic N) is 1. The van der Waals surface area contributed by atoms with Gasteiger partial charge in [-0.2, -0.15) is 0 Å². The molecule has 1 aromatic carbocycles. The van der Waals surface area contributed by atoms with Crippen LogP contribution in [0.1, 0.15) is 15.9 Å². The summed E-state index contributed by atoms with van der Waals surface area (Å²) in [6, 6.07) is 10.8. The first-order valence-corrected chi connectivity index (χ1v) is 6.01. The van der Waals surface area contributed by atoms with Crippen molar-refractivity contribution in [3.05, 3.63) is 64.9 Å². The largest absolute Gasteiger partial charge is 1.00 e. The predicted octanol–water partition coefficient (Wildman–Crippen LogP) is -0.901. The molecule has 1 heterocycles. The van der Waals surface area contributed by atoms with Crippen molar-refractivity contribution in [2.75, 3.05) is 0 Å². The second-order valence-corrected chi connectivity index (χ2v) is 4.50. The van der Waals surface area contributed by atoms with Gasteiger partial charge < -0.3 is 29.3 Å². The molecule has 0 fully saturated rings. The molecule has 3 nitrogen and oxygen atoms in total. The van der Waals surface area contributed by atoms with Crippen LogP contribution in [0, 0.1) is 0 Å². The lowest BCUT2D eigenvalue weighted by molar-refractivity contribution is -0.671. The van der Waals surface area contributed by atoms with E-state index in [2.05, 4.69) is 5.32 Å². The van der Waals surface area contributed by atoms with Gasteiger partial charge in [0, 0.05) is 29.3 Å². The standard InChI is InChI=1S/C14H13ClN2O.HI/c1-17-7-5-11(6-8-17)10-16-14(18)12-3-2-4-13(15)9-12;/h2-9H,10H2,1H3;1H. The van der Waals surface area contributed by atoms with E-state index in [1.54, 1.807) is 24.3 Å². The quantitative estimate of drug-likeness (QED) is 0.537. The highest BCUT2D eigenvalue weighted by atomic mass is 127. The Balaban J connectivity index is 0.00000180. The zero-order valence-electron chi connectivity index (χ0n) is 10.4. The summed E-state index contributed by atoms with van der Waals surface area (Å²) in [5.41, 5.74) is 1.63. The Morgan fingerprint density at radius 3 is 2.58 bits per heavy atom. The van der Waals surface area contributed by atoms with E-state index in [-0.39, 0.29) is 29.9 Å². The number of nitrogens with one attached hydrogen (secondary N) is 1. The molecule has 1 aromatic heterocycles. The fourth-order valence-corrected chi connectivity index (χ4v) is 1.75. The summed E-state index contributed by atoms with van der Waals surface area (Å²) >= 11 is 5.84. The third-order valence-corrected chi connectivity index (χ3v) is 2.82. The maximum atomic E-state index is 11.9. The number of pyridine rings is 1. The monoisotopic (exact) mass is 388 g/mol. The molecule has 0 aliphatic carbocycles. The van der Waals surface area contributed by atoms with Crippen LogP contribution >= 0.6 is 11.6 Å². The molecule has 0 radical (unpaired) electrons. The Bertz CT molecular complexity index is 558. The van der Waals surface area contributed by atoms with Gasteiger partial charge in [-0.1, -0.05) is 17.7 Å². The van der Waals surface area contributed by atoms with Crippen LogP contribution in [0.3, 0.4) is 0 Å². The molecule has 2 aromatic rings. The Kier molecular flexibility index (Phi) is 6.24. The van der Waals surface area contributed by atoms with Gasteiger partial charge in [0.05, 0.1) is 0 Å². The van der Waals surface area contributed by atoms with Gasteiger partial charge in [0.1, 0.15) is 7.05 Å². The van der Waals surface area contributed by atoms with Gasteiger partial charge in [-0.05, 0) is 23.8 Å². The first-order valence-electron chi connectivity index (χ1n) is 5.63. The van der Waals surface area contributed by atoms with Crippen LogP contribution in [0.5, 0.6) is 0 Å². The van der Waals surface area contributed by atoms with E-state index in [4.69, 9.17) is 11.6 Å². The Hall–Kier alpha value is -1.14. The van der Waals surface area contributed by atoms with E-state index < -0.39 is 0 Å². The molecule has 5 heteroatoms. The zero-order chi connectivity index (χ0) is 13.0. The first kappa shape index (κ1) is 15.9. The Morgan fingerprint density at radius 2 is 1.95 bits per heavy atom. The van der Waals surface area contributed by atoms with E-state index in [0.29, 0.717) is 17.1 Å². The van der Waals surface area contributed by atoms with Crippen molar-refractivity contribution in [1.29, 1.82) is 0 Å². The van der Waals surface area contributed by atoms with Crippen molar-refractivity contribution in [2.24, 2.45) is 7.05 Å². The summed E-state index contributed by atoms with van der Waals surface area (Å²) in [6.45, 7) is 0.506. The topological polar surface area (TPSA) is 33.0 Å². The van der Waals surface area contributed by atoms with E-state index in [0.717, 1.165) is 5.56 Å². The van der Waals surface area contributed by atoms with Crippen molar-refractivity contribution < 1.29 is 33.3 Å². The number of carbonyl (C=O) groups excluding carboxylic acids is 1. The van der Waals surface area contributed by atoms with E-state index >= 15 is 0 Å². The molecule has 0 unspecified atom stereocenters. The minimum atomic E-state index is -0.120. The second kappa shape index (κ2) is 7.45. The molecular weight excluding hydrogens is 375 g/mol. The summed E-state index contributed by atoms with van der Waals surface area (Å²) < 4.78 is 1.95. The third kappa shape index (κ3) is 4.80. The van der Waals surface area contributed by atoms with Crippen molar-refractivity contribution in [2.45, 2.75) is 6.54 Å². The molecule has 0 saturated carbocycles. The fraction of sp³-hybridized carbons (Fsp3) is 0.143. The molecular formula is C14H14ClIN2O. The van der Waals surface area contributed by atoms with Crippen LogP contribution < -0.4 is 33.9 Å². The highest BCUT2D eigenvalue weighted by Gasteiger charge is 2.05. The SMILES string of the molecule is C[n+]1ccc(CNC(=O)c2cccc(Cl)c2)cc1.[I-]. The van der Waals surface area contributed by atoms with Crippen LogP contribution in [0.15, 0.2) is 48.8 Å². The Labute approximate surface area is 134 Å². The molecule has 0 saturated heterocycles. The van der Waals surface area contributed by atoms with E-state index in [1.165, 1.54) is 0 Å². The lowest BCUT2D eigenvalue weighted by Crippen LogP contribution is -3.00. The molecule has 0 atom stereocenters. The molecule has 1 amide bonds. The minimum Gasteiger partial charge on any atom is -1.00 e. The van der Waals surface area contributed by atoms with Gasteiger partial charge in [0.2, 0.25) is 0 Å².